The molecule has 0 aliphatic heterocycles. The smallest absolute Gasteiger partial charge is 0.308 e. The van der Waals surface area contributed by atoms with Crippen molar-refractivity contribution in [1.82, 2.24) is 5.32 Å². The second-order valence-corrected chi connectivity index (χ2v) is 5.20. The molecule has 0 aromatic rings. The number of nitrogens with two attached hydrogens (primary N) is 1. The van der Waals surface area contributed by atoms with Crippen molar-refractivity contribution in [2.75, 3.05) is 20.3 Å². The summed E-state index contributed by atoms with van der Waals surface area (Å²) in [5.74, 6) is -0.277. The first-order chi connectivity index (χ1) is 9.58. The molecule has 0 saturated heterocycles. The lowest BCUT2D eigenvalue weighted by atomic mass is 9.86. The highest BCUT2D eigenvalue weighted by Gasteiger charge is 2.28. The van der Waals surface area contributed by atoms with Crippen molar-refractivity contribution < 1.29 is 19.1 Å². The van der Waals surface area contributed by atoms with Crippen molar-refractivity contribution in [1.29, 1.82) is 0 Å². The van der Waals surface area contributed by atoms with Gasteiger partial charge in [-0.25, -0.2) is 0 Å². The molecule has 1 aliphatic rings. The summed E-state index contributed by atoms with van der Waals surface area (Å²) < 4.78 is 9.92. The molecule has 1 amide bonds. The van der Waals surface area contributed by atoms with Crippen LogP contribution in [0.4, 0.5) is 0 Å². The number of hydrogen-bond donors (Lipinski definition) is 2. The molecule has 6 heteroatoms. The molecule has 0 heterocycles. The molecule has 0 aromatic heterocycles. The van der Waals surface area contributed by atoms with Crippen molar-refractivity contribution in [2.45, 2.75) is 51.1 Å². The molecular weight excluding hydrogens is 260 g/mol. The zero-order valence-electron chi connectivity index (χ0n) is 12.4. The molecule has 1 aliphatic carbocycles. The SMILES string of the molecule is CCOC(=O)C1CCC(NC(=O)C(N)CCOC)CC1. The average molecular weight is 286 g/mol. The highest BCUT2D eigenvalue weighted by atomic mass is 16.5. The van der Waals surface area contributed by atoms with Crippen molar-refractivity contribution >= 4 is 11.9 Å². The average Bonchev–Trinajstić information content (AvgIpc) is 2.45. The molecule has 0 spiro atoms. The van der Waals surface area contributed by atoms with E-state index in [0.29, 0.717) is 19.6 Å². The topological polar surface area (TPSA) is 90.7 Å². The number of hydrogen-bond acceptors (Lipinski definition) is 5. The standard InChI is InChI=1S/C14H26N2O4/c1-3-20-14(18)10-4-6-11(7-5-10)16-13(17)12(15)8-9-19-2/h10-12H,3-9,15H2,1-2H3,(H,16,17). The third-order valence-electron chi connectivity index (χ3n) is 3.66. The second kappa shape index (κ2) is 8.92. The van der Waals surface area contributed by atoms with Gasteiger partial charge in [-0.3, -0.25) is 9.59 Å². The largest absolute Gasteiger partial charge is 0.466 e. The Morgan fingerprint density at radius 1 is 1.30 bits per heavy atom. The Kier molecular flexibility index (Phi) is 7.54. The summed E-state index contributed by atoms with van der Waals surface area (Å²) in [7, 11) is 1.58. The summed E-state index contributed by atoms with van der Waals surface area (Å²) in [5, 5.41) is 2.95. The lowest BCUT2D eigenvalue weighted by Crippen LogP contribution is -2.47. The first kappa shape index (κ1) is 16.9. The van der Waals surface area contributed by atoms with E-state index in [9.17, 15) is 9.59 Å². The van der Waals surface area contributed by atoms with E-state index in [1.165, 1.54) is 0 Å². The Morgan fingerprint density at radius 2 is 1.95 bits per heavy atom. The lowest BCUT2D eigenvalue weighted by molar-refractivity contribution is -0.149. The van der Waals surface area contributed by atoms with Crippen LogP contribution in [0.2, 0.25) is 0 Å². The molecule has 3 N–H and O–H groups in total. The number of carbonyl (C=O) groups is 2. The summed E-state index contributed by atoms with van der Waals surface area (Å²) in [6, 6.07) is -0.417. The van der Waals surface area contributed by atoms with Gasteiger partial charge in [-0.1, -0.05) is 0 Å². The Balaban J connectivity index is 2.28. The van der Waals surface area contributed by atoms with Crippen LogP contribution in [-0.2, 0) is 19.1 Å². The van der Waals surface area contributed by atoms with Gasteiger partial charge in [0.2, 0.25) is 5.91 Å². The number of esters is 1. The zero-order valence-corrected chi connectivity index (χ0v) is 12.4. The third-order valence-corrected chi connectivity index (χ3v) is 3.66. The lowest BCUT2D eigenvalue weighted by Gasteiger charge is -2.28. The first-order valence-electron chi connectivity index (χ1n) is 7.30. The van der Waals surface area contributed by atoms with Gasteiger partial charge in [-0.05, 0) is 39.0 Å². The Bertz CT molecular complexity index is 314. The number of ether oxygens (including phenoxy) is 2. The van der Waals surface area contributed by atoms with Crippen LogP contribution in [0.3, 0.4) is 0 Å². The van der Waals surface area contributed by atoms with Crippen LogP contribution in [0, 0.1) is 5.92 Å². The molecule has 0 aromatic carbocycles. The minimum absolute atomic E-state index is 0.0229. The van der Waals surface area contributed by atoms with E-state index in [1.54, 1.807) is 7.11 Å². The predicted molar refractivity (Wildman–Crippen MR) is 75.0 cm³/mol. The molecule has 6 nitrogen and oxygen atoms in total. The summed E-state index contributed by atoms with van der Waals surface area (Å²) >= 11 is 0. The Hall–Kier alpha value is -1.14. The minimum atomic E-state index is -0.530. The molecule has 1 saturated carbocycles. The Morgan fingerprint density at radius 3 is 2.50 bits per heavy atom. The van der Waals surface area contributed by atoms with Crippen LogP contribution in [-0.4, -0.2) is 44.3 Å². The molecule has 0 radical (unpaired) electrons. The maximum absolute atomic E-state index is 11.9. The second-order valence-electron chi connectivity index (χ2n) is 5.20. The molecular formula is C14H26N2O4. The quantitative estimate of drug-likeness (QED) is 0.668. The van der Waals surface area contributed by atoms with Crippen LogP contribution in [0.5, 0.6) is 0 Å². The summed E-state index contributed by atoms with van der Waals surface area (Å²) in [4.78, 5) is 23.5. The summed E-state index contributed by atoms with van der Waals surface area (Å²) in [6.45, 7) is 2.71. The summed E-state index contributed by atoms with van der Waals surface area (Å²) in [6.07, 6.45) is 3.63. The molecule has 1 unspecified atom stereocenters. The summed E-state index contributed by atoms with van der Waals surface area (Å²) in [5.41, 5.74) is 5.77. The fourth-order valence-electron chi connectivity index (χ4n) is 2.42. The van der Waals surface area contributed by atoms with Gasteiger partial charge < -0.3 is 20.5 Å². The van der Waals surface area contributed by atoms with Crippen molar-refractivity contribution in [3.8, 4) is 0 Å². The molecule has 0 bridgehead atoms. The van der Waals surface area contributed by atoms with E-state index in [-0.39, 0.29) is 23.8 Å². The zero-order chi connectivity index (χ0) is 15.0. The number of nitrogens with one attached hydrogen (secondary N) is 1. The van der Waals surface area contributed by atoms with E-state index in [4.69, 9.17) is 15.2 Å². The van der Waals surface area contributed by atoms with Gasteiger partial charge in [0.1, 0.15) is 0 Å². The monoisotopic (exact) mass is 286 g/mol. The molecule has 116 valence electrons. The fourth-order valence-corrected chi connectivity index (χ4v) is 2.42. The van der Waals surface area contributed by atoms with Gasteiger partial charge in [0.15, 0.2) is 0 Å². The normalized spacial score (nSPS) is 23.9. The molecule has 1 fully saturated rings. The molecule has 1 rings (SSSR count). The number of carbonyl (C=O) groups excluding carboxylic acids is 2. The van der Waals surface area contributed by atoms with Gasteiger partial charge in [0.25, 0.3) is 0 Å². The van der Waals surface area contributed by atoms with Crippen LogP contribution in [0.25, 0.3) is 0 Å². The van der Waals surface area contributed by atoms with Gasteiger partial charge in [-0.15, -0.1) is 0 Å². The fraction of sp³-hybridized carbons (Fsp3) is 0.857. The van der Waals surface area contributed by atoms with E-state index in [0.717, 1.165) is 25.7 Å². The van der Waals surface area contributed by atoms with Gasteiger partial charge in [0, 0.05) is 19.8 Å². The first-order valence-corrected chi connectivity index (χ1v) is 7.30. The van der Waals surface area contributed by atoms with Crippen molar-refractivity contribution in [2.24, 2.45) is 11.7 Å². The number of rotatable bonds is 7. The van der Waals surface area contributed by atoms with E-state index < -0.39 is 6.04 Å². The highest BCUT2D eigenvalue weighted by Crippen LogP contribution is 2.25. The number of methoxy groups -OCH3 is 1. The Labute approximate surface area is 120 Å². The van der Waals surface area contributed by atoms with E-state index >= 15 is 0 Å². The van der Waals surface area contributed by atoms with Crippen LogP contribution in [0.15, 0.2) is 0 Å². The van der Waals surface area contributed by atoms with Crippen molar-refractivity contribution in [3.05, 3.63) is 0 Å². The van der Waals surface area contributed by atoms with E-state index in [1.807, 2.05) is 6.92 Å². The predicted octanol–water partition coefficient (Wildman–Crippen LogP) is 0.588. The highest BCUT2D eigenvalue weighted by molar-refractivity contribution is 5.81. The van der Waals surface area contributed by atoms with E-state index in [2.05, 4.69) is 5.32 Å². The minimum Gasteiger partial charge on any atom is -0.466 e. The molecule has 20 heavy (non-hydrogen) atoms. The number of amides is 1. The third kappa shape index (κ3) is 5.46. The van der Waals surface area contributed by atoms with Gasteiger partial charge >= 0.3 is 5.97 Å². The maximum atomic E-state index is 11.9. The van der Waals surface area contributed by atoms with Gasteiger partial charge in [-0.2, -0.15) is 0 Å². The van der Waals surface area contributed by atoms with Crippen LogP contribution < -0.4 is 11.1 Å². The molecule has 1 atom stereocenters. The maximum Gasteiger partial charge on any atom is 0.308 e. The van der Waals surface area contributed by atoms with Crippen LogP contribution in [0.1, 0.15) is 39.0 Å². The van der Waals surface area contributed by atoms with Crippen molar-refractivity contribution in [3.63, 3.8) is 0 Å². The van der Waals surface area contributed by atoms with Gasteiger partial charge in [0.05, 0.1) is 18.6 Å². The van der Waals surface area contributed by atoms with Crippen LogP contribution >= 0.6 is 0 Å².